The van der Waals surface area contributed by atoms with Crippen LogP contribution in [-0.2, 0) is 11.2 Å². The van der Waals surface area contributed by atoms with Crippen LogP contribution < -0.4 is 10.2 Å². The fraction of sp³-hybridized carbons (Fsp3) is 0.222. The maximum absolute atomic E-state index is 11.7. The number of hydrogen-bond acceptors (Lipinski definition) is 5. The summed E-state index contributed by atoms with van der Waals surface area (Å²) in [4.78, 5) is 11.7. The molecule has 24 heavy (non-hydrogen) atoms. The predicted octanol–water partition coefficient (Wildman–Crippen LogP) is 2.83. The molecule has 2 aromatic rings. The molecular formula is C18H20N2O3S. The first-order valence-electron chi connectivity index (χ1n) is 7.50. The summed E-state index contributed by atoms with van der Waals surface area (Å²) in [5, 5.41) is 13.8. The Balaban J connectivity index is 1.71. The van der Waals surface area contributed by atoms with Crippen LogP contribution in [0.2, 0.25) is 0 Å². The molecule has 0 heterocycles. The summed E-state index contributed by atoms with van der Waals surface area (Å²) in [6.45, 7) is 0. The Morgan fingerprint density at radius 3 is 2.79 bits per heavy atom. The zero-order chi connectivity index (χ0) is 17.2. The lowest BCUT2D eigenvalue weighted by Gasteiger charge is -2.05. The SMILES string of the molecule is COc1cccc(/C=N\NC(=O)CSCCc2ccccc2)c1O. The van der Waals surface area contributed by atoms with Crippen molar-refractivity contribution in [3.05, 3.63) is 59.7 Å². The summed E-state index contributed by atoms with van der Waals surface area (Å²) in [5.74, 6) is 1.40. The number of methoxy groups -OCH3 is 1. The normalized spacial score (nSPS) is 10.7. The van der Waals surface area contributed by atoms with E-state index in [0.717, 1.165) is 12.2 Å². The van der Waals surface area contributed by atoms with E-state index in [1.54, 1.807) is 30.0 Å². The van der Waals surface area contributed by atoms with Crippen LogP contribution in [0.15, 0.2) is 53.6 Å². The molecule has 0 saturated heterocycles. The Bertz CT molecular complexity index is 690. The first kappa shape index (κ1) is 17.9. The number of carbonyl (C=O) groups excluding carboxylic acids is 1. The molecule has 2 N–H and O–H groups in total. The molecule has 0 fully saturated rings. The summed E-state index contributed by atoms with van der Waals surface area (Å²) in [6.07, 6.45) is 2.32. The van der Waals surface area contributed by atoms with Crippen LogP contribution in [0.3, 0.4) is 0 Å². The van der Waals surface area contributed by atoms with E-state index in [2.05, 4.69) is 22.7 Å². The number of amides is 1. The van der Waals surface area contributed by atoms with E-state index >= 15 is 0 Å². The lowest BCUT2D eigenvalue weighted by atomic mass is 10.2. The lowest BCUT2D eigenvalue weighted by Crippen LogP contribution is -2.20. The molecule has 0 bridgehead atoms. The molecule has 2 rings (SSSR count). The molecule has 0 spiro atoms. The number of para-hydroxylation sites is 1. The maximum Gasteiger partial charge on any atom is 0.250 e. The van der Waals surface area contributed by atoms with Crippen molar-refractivity contribution < 1.29 is 14.6 Å². The van der Waals surface area contributed by atoms with Crippen molar-refractivity contribution in [3.63, 3.8) is 0 Å². The first-order valence-corrected chi connectivity index (χ1v) is 8.65. The lowest BCUT2D eigenvalue weighted by molar-refractivity contribution is -0.118. The highest BCUT2D eigenvalue weighted by Crippen LogP contribution is 2.27. The van der Waals surface area contributed by atoms with Crippen LogP contribution in [0.5, 0.6) is 11.5 Å². The van der Waals surface area contributed by atoms with Crippen LogP contribution in [-0.4, -0.2) is 35.8 Å². The van der Waals surface area contributed by atoms with Crippen molar-refractivity contribution in [2.75, 3.05) is 18.6 Å². The molecule has 6 heteroatoms. The minimum atomic E-state index is -0.174. The maximum atomic E-state index is 11.7. The van der Waals surface area contributed by atoms with Gasteiger partial charge < -0.3 is 9.84 Å². The van der Waals surface area contributed by atoms with Gasteiger partial charge in [-0.1, -0.05) is 36.4 Å². The van der Waals surface area contributed by atoms with Gasteiger partial charge in [-0.3, -0.25) is 4.79 Å². The quantitative estimate of drug-likeness (QED) is 0.439. The van der Waals surface area contributed by atoms with Gasteiger partial charge in [0.15, 0.2) is 11.5 Å². The van der Waals surface area contributed by atoms with Crippen LogP contribution >= 0.6 is 11.8 Å². The number of ether oxygens (including phenoxy) is 1. The number of hydrogen-bond donors (Lipinski definition) is 2. The summed E-state index contributed by atoms with van der Waals surface area (Å²) in [7, 11) is 1.48. The third kappa shape index (κ3) is 5.62. The number of phenolic OH excluding ortho intramolecular Hbond substituents is 1. The van der Waals surface area contributed by atoms with E-state index in [1.165, 1.54) is 18.9 Å². The van der Waals surface area contributed by atoms with Gasteiger partial charge in [0.2, 0.25) is 5.91 Å². The molecule has 0 aliphatic carbocycles. The highest BCUT2D eigenvalue weighted by Gasteiger charge is 2.05. The molecule has 0 radical (unpaired) electrons. The Kier molecular flexibility index (Phi) is 7.17. The van der Waals surface area contributed by atoms with Gasteiger partial charge >= 0.3 is 0 Å². The fourth-order valence-corrected chi connectivity index (χ4v) is 2.79. The number of aryl methyl sites for hydroxylation is 1. The summed E-state index contributed by atoms with van der Waals surface area (Å²) < 4.78 is 5.01. The molecule has 0 unspecified atom stereocenters. The molecular weight excluding hydrogens is 324 g/mol. The van der Waals surface area contributed by atoms with E-state index in [9.17, 15) is 9.90 Å². The first-order chi connectivity index (χ1) is 11.7. The standard InChI is InChI=1S/C18H20N2O3S/c1-23-16-9-5-8-15(18(16)22)12-19-20-17(21)13-24-11-10-14-6-3-2-4-7-14/h2-9,12,22H,10-11,13H2,1H3,(H,20,21)/b19-12-. The second-order valence-electron chi connectivity index (χ2n) is 4.98. The summed E-state index contributed by atoms with van der Waals surface area (Å²) >= 11 is 1.56. The number of thioether (sulfide) groups is 1. The largest absolute Gasteiger partial charge is 0.504 e. The summed E-state index contributed by atoms with van der Waals surface area (Å²) in [5.41, 5.74) is 4.19. The molecule has 1 amide bonds. The minimum absolute atomic E-state index is 0.00441. The van der Waals surface area contributed by atoms with Gasteiger partial charge in [0, 0.05) is 5.56 Å². The zero-order valence-corrected chi connectivity index (χ0v) is 14.3. The monoisotopic (exact) mass is 344 g/mol. The summed E-state index contributed by atoms with van der Waals surface area (Å²) in [6, 6.07) is 15.2. The Hall–Kier alpha value is -2.47. The third-order valence-corrected chi connectivity index (χ3v) is 4.21. The number of nitrogens with zero attached hydrogens (tertiary/aromatic N) is 1. The highest BCUT2D eigenvalue weighted by atomic mass is 32.2. The molecule has 0 aliphatic heterocycles. The van der Waals surface area contributed by atoms with Crippen molar-refractivity contribution in [2.45, 2.75) is 6.42 Å². The van der Waals surface area contributed by atoms with Crippen LogP contribution in [0.4, 0.5) is 0 Å². The van der Waals surface area contributed by atoms with Crippen molar-refractivity contribution in [3.8, 4) is 11.5 Å². The topological polar surface area (TPSA) is 70.9 Å². The predicted molar refractivity (Wildman–Crippen MR) is 97.9 cm³/mol. The van der Waals surface area contributed by atoms with Crippen LogP contribution in [0.1, 0.15) is 11.1 Å². The van der Waals surface area contributed by atoms with Gasteiger partial charge in [0.25, 0.3) is 0 Å². The van der Waals surface area contributed by atoms with Gasteiger partial charge in [-0.15, -0.1) is 0 Å². The van der Waals surface area contributed by atoms with E-state index < -0.39 is 0 Å². The van der Waals surface area contributed by atoms with Crippen molar-refractivity contribution >= 4 is 23.9 Å². The Morgan fingerprint density at radius 1 is 1.25 bits per heavy atom. The molecule has 0 aromatic heterocycles. The van der Waals surface area contributed by atoms with Gasteiger partial charge in [-0.2, -0.15) is 16.9 Å². The van der Waals surface area contributed by atoms with E-state index in [0.29, 0.717) is 17.1 Å². The molecule has 126 valence electrons. The van der Waals surface area contributed by atoms with Gasteiger partial charge in [-0.05, 0) is 29.9 Å². The minimum Gasteiger partial charge on any atom is -0.504 e. The van der Waals surface area contributed by atoms with Gasteiger partial charge in [0.1, 0.15) is 0 Å². The average Bonchev–Trinajstić information content (AvgIpc) is 2.61. The number of nitrogens with one attached hydrogen (secondary N) is 1. The van der Waals surface area contributed by atoms with E-state index in [-0.39, 0.29) is 11.7 Å². The van der Waals surface area contributed by atoms with Crippen LogP contribution in [0, 0.1) is 0 Å². The van der Waals surface area contributed by atoms with Crippen molar-refractivity contribution in [2.24, 2.45) is 5.10 Å². The van der Waals surface area contributed by atoms with E-state index in [1.807, 2.05) is 18.2 Å². The van der Waals surface area contributed by atoms with Gasteiger partial charge in [0.05, 0.1) is 19.1 Å². The van der Waals surface area contributed by atoms with Crippen molar-refractivity contribution in [1.82, 2.24) is 5.43 Å². The van der Waals surface area contributed by atoms with Gasteiger partial charge in [-0.25, -0.2) is 5.43 Å². The second-order valence-corrected chi connectivity index (χ2v) is 6.08. The average molecular weight is 344 g/mol. The number of phenols is 1. The highest BCUT2D eigenvalue weighted by molar-refractivity contribution is 7.99. The second kappa shape index (κ2) is 9.62. The molecule has 2 aromatic carbocycles. The molecule has 5 nitrogen and oxygen atoms in total. The number of hydrazone groups is 1. The van der Waals surface area contributed by atoms with Crippen LogP contribution in [0.25, 0.3) is 0 Å². The molecule has 0 atom stereocenters. The number of carbonyl (C=O) groups is 1. The van der Waals surface area contributed by atoms with Crippen molar-refractivity contribution in [1.29, 1.82) is 0 Å². The zero-order valence-electron chi connectivity index (χ0n) is 13.4. The molecule has 0 aliphatic rings. The third-order valence-electron chi connectivity index (χ3n) is 3.25. The number of aromatic hydroxyl groups is 1. The fourth-order valence-electron chi connectivity index (χ4n) is 2.01. The number of rotatable bonds is 8. The Morgan fingerprint density at radius 2 is 2.04 bits per heavy atom. The smallest absolute Gasteiger partial charge is 0.250 e. The van der Waals surface area contributed by atoms with E-state index in [4.69, 9.17) is 4.74 Å². The molecule has 0 saturated carbocycles. The number of benzene rings is 2. The Labute approximate surface area is 145 Å².